The summed E-state index contributed by atoms with van der Waals surface area (Å²) < 4.78 is 5.24. The summed E-state index contributed by atoms with van der Waals surface area (Å²) in [5.74, 6) is 0. The second-order valence-corrected chi connectivity index (χ2v) is 4.52. The number of carbonyl (C=O) groups is 1. The fourth-order valence-electron chi connectivity index (χ4n) is 2.44. The van der Waals surface area contributed by atoms with E-state index in [1.807, 2.05) is 4.90 Å². The minimum absolute atomic E-state index is 0.0986. The van der Waals surface area contributed by atoms with Crippen molar-refractivity contribution in [2.45, 2.75) is 44.2 Å². The average Bonchev–Trinajstić information content (AvgIpc) is 2.86. The highest BCUT2D eigenvalue weighted by Gasteiger charge is 2.27. The number of ether oxygens (including phenoxy) is 1. The van der Waals surface area contributed by atoms with Crippen LogP contribution in [0, 0.1) is 0 Å². The van der Waals surface area contributed by atoms with Crippen LogP contribution >= 0.6 is 0 Å². The predicted octanol–water partition coefficient (Wildman–Crippen LogP) is 1.36. The zero-order valence-electron chi connectivity index (χ0n) is 9.37. The number of amides is 2. The van der Waals surface area contributed by atoms with Crippen LogP contribution in [0.5, 0.6) is 0 Å². The Balaban J connectivity index is 1.76. The molecule has 1 heterocycles. The maximum atomic E-state index is 11.8. The van der Waals surface area contributed by atoms with Gasteiger partial charge in [-0.1, -0.05) is 12.8 Å². The number of rotatable bonds is 2. The quantitative estimate of drug-likeness (QED) is 0.751. The Bertz CT molecular complexity index is 227. The van der Waals surface area contributed by atoms with Gasteiger partial charge >= 0.3 is 6.03 Å². The Morgan fingerprint density at radius 2 is 2.07 bits per heavy atom. The number of nitrogens with one attached hydrogen (secondary N) is 1. The zero-order chi connectivity index (χ0) is 10.7. The Kier molecular flexibility index (Phi) is 3.46. The zero-order valence-corrected chi connectivity index (χ0v) is 9.37. The van der Waals surface area contributed by atoms with E-state index in [0.29, 0.717) is 6.04 Å². The first-order chi connectivity index (χ1) is 7.29. The van der Waals surface area contributed by atoms with Crippen molar-refractivity contribution in [3.8, 4) is 0 Å². The molecule has 15 heavy (non-hydrogen) atoms. The maximum Gasteiger partial charge on any atom is 0.317 e. The monoisotopic (exact) mass is 212 g/mol. The number of urea groups is 1. The Labute approximate surface area is 91.0 Å². The van der Waals surface area contributed by atoms with Gasteiger partial charge in [-0.05, 0) is 19.3 Å². The van der Waals surface area contributed by atoms with Gasteiger partial charge in [-0.2, -0.15) is 0 Å². The molecule has 1 aliphatic heterocycles. The molecule has 1 N–H and O–H groups in total. The lowest BCUT2D eigenvalue weighted by molar-refractivity contribution is 0.110. The lowest BCUT2D eigenvalue weighted by atomic mass is 10.2. The fraction of sp³-hybridized carbons (Fsp3) is 0.909. The number of methoxy groups -OCH3 is 1. The summed E-state index contributed by atoms with van der Waals surface area (Å²) in [7, 11) is 1.71. The van der Waals surface area contributed by atoms with Crippen LogP contribution < -0.4 is 5.32 Å². The molecule has 0 aromatic carbocycles. The summed E-state index contributed by atoms with van der Waals surface area (Å²) in [6.45, 7) is 1.58. The molecule has 0 aromatic heterocycles. The van der Waals surface area contributed by atoms with E-state index >= 15 is 0 Å². The lowest BCUT2D eigenvalue weighted by Crippen LogP contribution is -2.43. The average molecular weight is 212 g/mol. The molecule has 0 aromatic rings. The minimum atomic E-state index is 0.0986. The standard InChI is InChI=1S/C11H20N2O2/c1-15-10-6-7-13(8-10)11(14)12-9-4-2-3-5-9/h9-10H,2-8H2,1H3,(H,12,14). The molecule has 2 amide bonds. The molecular formula is C11H20N2O2. The fourth-order valence-corrected chi connectivity index (χ4v) is 2.44. The van der Waals surface area contributed by atoms with Crippen molar-refractivity contribution in [3.05, 3.63) is 0 Å². The van der Waals surface area contributed by atoms with Crippen LogP contribution in [-0.4, -0.2) is 43.3 Å². The van der Waals surface area contributed by atoms with Gasteiger partial charge < -0.3 is 15.0 Å². The molecule has 0 bridgehead atoms. The summed E-state index contributed by atoms with van der Waals surface area (Å²) in [5.41, 5.74) is 0. The van der Waals surface area contributed by atoms with Gasteiger partial charge in [0.25, 0.3) is 0 Å². The summed E-state index contributed by atoms with van der Waals surface area (Å²) in [6, 6.07) is 0.514. The van der Waals surface area contributed by atoms with Crippen LogP contribution in [-0.2, 0) is 4.74 Å². The molecule has 1 saturated heterocycles. The van der Waals surface area contributed by atoms with Crippen molar-refractivity contribution in [1.82, 2.24) is 10.2 Å². The topological polar surface area (TPSA) is 41.6 Å². The molecule has 0 spiro atoms. The van der Waals surface area contributed by atoms with Crippen molar-refractivity contribution in [2.75, 3.05) is 20.2 Å². The van der Waals surface area contributed by atoms with E-state index in [1.165, 1.54) is 12.8 Å². The third-order valence-electron chi connectivity index (χ3n) is 3.45. The van der Waals surface area contributed by atoms with Gasteiger partial charge in [-0.25, -0.2) is 4.79 Å². The van der Waals surface area contributed by atoms with E-state index in [4.69, 9.17) is 4.74 Å². The van der Waals surface area contributed by atoms with Gasteiger partial charge in [-0.15, -0.1) is 0 Å². The lowest BCUT2D eigenvalue weighted by Gasteiger charge is -2.20. The minimum Gasteiger partial charge on any atom is -0.380 e. The van der Waals surface area contributed by atoms with E-state index in [0.717, 1.165) is 32.4 Å². The highest BCUT2D eigenvalue weighted by Crippen LogP contribution is 2.19. The molecule has 4 nitrogen and oxygen atoms in total. The van der Waals surface area contributed by atoms with Crippen molar-refractivity contribution < 1.29 is 9.53 Å². The first-order valence-corrected chi connectivity index (χ1v) is 5.88. The van der Waals surface area contributed by atoms with E-state index in [-0.39, 0.29) is 12.1 Å². The second kappa shape index (κ2) is 4.84. The van der Waals surface area contributed by atoms with E-state index in [9.17, 15) is 4.79 Å². The molecule has 86 valence electrons. The number of hydrogen-bond acceptors (Lipinski definition) is 2. The third kappa shape index (κ3) is 2.62. The second-order valence-electron chi connectivity index (χ2n) is 4.52. The van der Waals surface area contributed by atoms with Crippen molar-refractivity contribution in [3.63, 3.8) is 0 Å². The Morgan fingerprint density at radius 3 is 2.67 bits per heavy atom. The molecule has 4 heteroatoms. The van der Waals surface area contributed by atoms with Gasteiger partial charge in [0.15, 0.2) is 0 Å². The number of hydrogen-bond donors (Lipinski definition) is 1. The first kappa shape index (κ1) is 10.7. The van der Waals surface area contributed by atoms with Gasteiger partial charge in [0, 0.05) is 26.2 Å². The third-order valence-corrected chi connectivity index (χ3v) is 3.45. The highest BCUT2D eigenvalue weighted by molar-refractivity contribution is 5.74. The number of nitrogens with zero attached hydrogens (tertiary/aromatic N) is 1. The van der Waals surface area contributed by atoms with Gasteiger partial charge in [0.2, 0.25) is 0 Å². The summed E-state index contributed by atoms with van der Waals surface area (Å²) >= 11 is 0. The van der Waals surface area contributed by atoms with Crippen molar-refractivity contribution in [1.29, 1.82) is 0 Å². The Morgan fingerprint density at radius 1 is 1.33 bits per heavy atom. The molecule has 2 rings (SSSR count). The summed E-state index contributed by atoms with van der Waals surface area (Å²) in [6.07, 6.45) is 6.01. The highest BCUT2D eigenvalue weighted by atomic mass is 16.5. The maximum absolute atomic E-state index is 11.8. The molecule has 1 aliphatic carbocycles. The largest absolute Gasteiger partial charge is 0.380 e. The molecule has 0 radical (unpaired) electrons. The molecule has 2 aliphatic rings. The van der Waals surface area contributed by atoms with Crippen molar-refractivity contribution in [2.24, 2.45) is 0 Å². The number of likely N-dealkylation sites (tertiary alicyclic amines) is 1. The summed E-state index contributed by atoms with van der Waals surface area (Å²) in [5, 5.41) is 3.10. The molecule has 1 saturated carbocycles. The normalized spacial score (nSPS) is 27.3. The van der Waals surface area contributed by atoms with Crippen LogP contribution in [0.2, 0.25) is 0 Å². The molecule has 1 unspecified atom stereocenters. The predicted molar refractivity (Wildman–Crippen MR) is 57.8 cm³/mol. The van der Waals surface area contributed by atoms with Crippen LogP contribution in [0.15, 0.2) is 0 Å². The van der Waals surface area contributed by atoms with E-state index in [1.54, 1.807) is 7.11 Å². The summed E-state index contributed by atoms with van der Waals surface area (Å²) in [4.78, 5) is 13.7. The number of carbonyl (C=O) groups excluding carboxylic acids is 1. The SMILES string of the molecule is COC1CCN(C(=O)NC2CCCC2)C1. The van der Waals surface area contributed by atoms with Crippen LogP contribution in [0.25, 0.3) is 0 Å². The molecular weight excluding hydrogens is 192 g/mol. The van der Waals surface area contributed by atoms with Gasteiger partial charge in [0.05, 0.1) is 6.10 Å². The van der Waals surface area contributed by atoms with Crippen molar-refractivity contribution >= 4 is 6.03 Å². The van der Waals surface area contributed by atoms with E-state index < -0.39 is 0 Å². The van der Waals surface area contributed by atoms with Crippen LogP contribution in [0.4, 0.5) is 4.79 Å². The van der Waals surface area contributed by atoms with Gasteiger partial charge in [-0.3, -0.25) is 0 Å². The Hall–Kier alpha value is -0.770. The first-order valence-electron chi connectivity index (χ1n) is 5.88. The van der Waals surface area contributed by atoms with Crippen LogP contribution in [0.1, 0.15) is 32.1 Å². The van der Waals surface area contributed by atoms with E-state index in [2.05, 4.69) is 5.32 Å². The smallest absolute Gasteiger partial charge is 0.317 e. The molecule has 1 atom stereocenters. The van der Waals surface area contributed by atoms with Gasteiger partial charge in [0.1, 0.15) is 0 Å². The molecule has 2 fully saturated rings. The van der Waals surface area contributed by atoms with Crippen LogP contribution in [0.3, 0.4) is 0 Å².